The van der Waals surface area contributed by atoms with Crippen LogP contribution in [-0.4, -0.2) is 10.2 Å². The first-order valence-corrected chi connectivity index (χ1v) is 3.68. The predicted molar refractivity (Wildman–Crippen MR) is 44.2 cm³/mol. The summed E-state index contributed by atoms with van der Waals surface area (Å²) in [6.07, 6.45) is 4.48. The lowest BCUT2D eigenvalue weighted by Gasteiger charge is -1.86. The third-order valence-electron chi connectivity index (χ3n) is 1.59. The molecule has 0 aliphatic rings. The maximum absolute atomic E-state index is 10.8. The Morgan fingerprint density at radius 2 is 2.42 bits per heavy atom. The molecule has 0 bridgehead atoms. The first kappa shape index (κ1) is 7.31. The predicted octanol–water partition coefficient (Wildman–Crippen LogP) is 2.21. The SMILES string of the molecule is O=C(Cl)c1coc2ccncc12. The molecule has 0 radical (unpaired) electrons. The molecule has 0 atom stereocenters. The van der Waals surface area contributed by atoms with Gasteiger partial charge in [0.05, 0.1) is 10.9 Å². The molecule has 2 aromatic rings. The van der Waals surface area contributed by atoms with Crippen molar-refractivity contribution < 1.29 is 9.21 Å². The summed E-state index contributed by atoms with van der Waals surface area (Å²) in [6, 6.07) is 1.68. The maximum atomic E-state index is 10.8. The zero-order chi connectivity index (χ0) is 8.55. The van der Waals surface area contributed by atoms with Gasteiger partial charge in [0.15, 0.2) is 0 Å². The molecule has 2 heterocycles. The highest BCUT2D eigenvalue weighted by atomic mass is 35.5. The molecule has 60 valence electrons. The Kier molecular flexibility index (Phi) is 1.59. The zero-order valence-electron chi connectivity index (χ0n) is 5.95. The van der Waals surface area contributed by atoms with Crippen molar-refractivity contribution in [3.63, 3.8) is 0 Å². The number of carbonyl (C=O) groups excluding carboxylic acids is 1. The molecule has 2 aromatic heterocycles. The van der Waals surface area contributed by atoms with E-state index >= 15 is 0 Å². The van der Waals surface area contributed by atoms with Gasteiger partial charge in [0.25, 0.3) is 5.24 Å². The van der Waals surface area contributed by atoms with E-state index in [9.17, 15) is 4.79 Å². The second kappa shape index (κ2) is 2.60. The smallest absolute Gasteiger partial charge is 0.256 e. The number of fused-ring (bicyclic) bond motifs is 1. The molecule has 0 aromatic carbocycles. The van der Waals surface area contributed by atoms with Gasteiger partial charge >= 0.3 is 0 Å². The van der Waals surface area contributed by atoms with Crippen molar-refractivity contribution >= 4 is 27.8 Å². The van der Waals surface area contributed by atoms with Crippen LogP contribution in [0.15, 0.2) is 29.1 Å². The van der Waals surface area contributed by atoms with Crippen molar-refractivity contribution in [2.24, 2.45) is 0 Å². The summed E-state index contributed by atoms with van der Waals surface area (Å²) in [6.45, 7) is 0. The highest BCUT2D eigenvalue weighted by Crippen LogP contribution is 2.20. The molecule has 3 nitrogen and oxygen atoms in total. The molecule has 0 N–H and O–H groups in total. The molecule has 4 heteroatoms. The van der Waals surface area contributed by atoms with Gasteiger partial charge in [-0.2, -0.15) is 0 Å². The standard InChI is InChI=1S/C8H4ClNO2/c9-8(11)6-4-12-7-1-2-10-3-5(6)7/h1-4H. The summed E-state index contributed by atoms with van der Waals surface area (Å²) >= 11 is 5.30. The van der Waals surface area contributed by atoms with E-state index in [0.717, 1.165) is 0 Å². The van der Waals surface area contributed by atoms with Gasteiger partial charge < -0.3 is 4.42 Å². The summed E-state index contributed by atoms with van der Waals surface area (Å²) < 4.78 is 5.07. The third kappa shape index (κ3) is 0.987. The normalized spacial score (nSPS) is 10.4. The number of nitrogens with zero attached hydrogens (tertiary/aromatic N) is 1. The number of rotatable bonds is 1. The molecule has 12 heavy (non-hydrogen) atoms. The van der Waals surface area contributed by atoms with E-state index in [0.29, 0.717) is 16.5 Å². The first-order chi connectivity index (χ1) is 5.79. The second-order valence-corrected chi connectivity index (χ2v) is 2.64. The van der Waals surface area contributed by atoms with Crippen LogP contribution in [0.25, 0.3) is 11.0 Å². The van der Waals surface area contributed by atoms with E-state index in [1.807, 2.05) is 0 Å². The van der Waals surface area contributed by atoms with Crippen molar-refractivity contribution in [1.82, 2.24) is 4.98 Å². The minimum atomic E-state index is -0.526. The van der Waals surface area contributed by atoms with Gasteiger partial charge in [-0.05, 0) is 17.7 Å². The van der Waals surface area contributed by atoms with E-state index < -0.39 is 5.24 Å². The van der Waals surface area contributed by atoms with Crippen molar-refractivity contribution in [2.45, 2.75) is 0 Å². The Balaban J connectivity index is 2.79. The van der Waals surface area contributed by atoms with Crippen LogP contribution in [-0.2, 0) is 0 Å². The second-order valence-electron chi connectivity index (χ2n) is 2.29. The molecule has 0 aliphatic carbocycles. The fourth-order valence-corrected chi connectivity index (χ4v) is 1.17. The summed E-state index contributed by atoms with van der Waals surface area (Å²) in [5.41, 5.74) is 0.980. The number of pyridine rings is 1. The fourth-order valence-electron chi connectivity index (χ4n) is 1.02. The van der Waals surface area contributed by atoms with Crippen LogP contribution in [0, 0.1) is 0 Å². The molecular formula is C8H4ClNO2. The Bertz CT molecular complexity index is 435. The molecule has 0 saturated carbocycles. The molecule has 0 fully saturated rings. The van der Waals surface area contributed by atoms with Crippen molar-refractivity contribution in [3.05, 3.63) is 30.3 Å². The molecule has 0 spiro atoms. The first-order valence-electron chi connectivity index (χ1n) is 3.30. The molecule has 0 aliphatic heterocycles. The van der Waals surface area contributed by atoms with Crippen LogP contribution < -0.4 is 0 Å². The summed E-state index contributed by atoms with van der Waals surface area (Å²) in [7, 11) is 0. The van der Waals surface area contributed by atoms with E-state index in [2.05, 4.69) is 4.98 Å². The van der Waals surface area contributed by atoms with Crippen LogP contribution in [0.3, 0.4) is 0 Å². The molecule has 0 amide bonds. The van der Waals surface area contributed by atoms with Crippen LogP contribution in [0.2, 0.25) is 0 Å². The third-order valence-corrected chi connectivity index (χ3v) is 1.79. The topological polar surface area (TPSA) is 43.1 Å². The van der Waals surface area contributed by atoms with Gasteiger partial charge in [-0.3, -0.25) is 9.78 Å². The Morgan fingerprint density at radius 1 is 1.58 bits per heavy atom. The molecule has 0 unspecified atom stereocenters. The number of aromatic nitrogens is 1. The molecular weight excluding hydrogens is 178 g/mol. The van der Waals surface area contributed by atoms with Crippen molar-refractivity contribution in [3.8, 4) is 0 Å². The van der Waals surface area contributed by atoms with Crippen LogP contribution in [0.1, 0.15) is 10.4 Å². The lowest BCUT2D eigenvalue weighted by atomic mass is 10.2. The van der Waals surface area contributed by atoms with Crippen LogP contribution in [0.5, 0.6) is 0 Å². The van der Waals surface area contributed by atoms with Gasteiger partial charge in [-0.15, -0.1) is 0 Å². The average Bonchev–Trinajstić information content (AvgIpc) is 2.47. The number of halogens is 1. The lowest BCUT2D eigenvalue weighted by Crippen LogP contribution is -1.84. The quantitative estimate of drug-likeness (QED) is 0.634. The van der Waals surface area contributed by atoms with Crippen LogP contribution in [0.4, 0.5) is 0 Å². The number of hydrogen-bond acceptors (Lipinski definition) is 3. The van der Waals surface area contributed by atoms with Crippen molar-refractivity contribution in [1.29, 1.82) is 0 Å². The maximum Gasteiger partial charge on any atom is 0.256 e. The van der Waals surface area contributed by atoms with Gasteiger partial charge in [0, 0.05) is 12.4 Å². The van der Waals surface area contributed by atoms with Crippen LogP contribution >= 0.6 is 11.6 Å². The minimum Gasteiger partial charge on any atom is -0.463 e. The molecule has 2 rings (SSSR count). The van der Waals surface area contributed by atoms with Gasteiger partial charge in [0.2, 0.25) is 0 Å². The highest BCUT2D eigenvalue weighted by Gasteiger charge is 2.10. The average molecular weight is 182 g/mol. The lowest BCUT2D eigenvalue weighted by molar-refractivity contribution is 0.108. The van der Waals surface area contributed by atoms with E-state index in [1.54, 1.807) is 18.5 Å². The Morgan fingerprint density at radius 3 is 3.17 bits per heavy atom. The van der Waals surface area contributed by atoms with Gasteiger partial charge in [0.1, 0.15) is 11.8 Å². The fraction of sp³-hybridized carbons (Fsp3) is 0. The number of carbonyl (C=O) groups is 1. The largest absolute Gasteiger partial charge is 0.463 e. The minimum absolute atomic E-state index is 0.361. The van der Waals surface area contributed by atoms with E-state index in [4.69, 9.17) is 16.0 Å². The van der Waals surface area contributed by atoms with E-state index in [1.165, 1.54) is 6.26 Å². The van der Waals surface area contributed by atoms with Gasteiger partial charge in [-0.1, -0.05) is 0 Å². The van der Waals surface area contributed by atoms with E-state index in [-0.39, 0.29) is 0 Å². The summed E-state index contributed by atoms with van der Waals surface area (Å²) in [5.74, 6) is 0. The number of furan rings is 1. The van der Waals surface area contributed by atoms with Crippen molar-refractivity contribution in [2.75, 3.05) is 0 Å². The Hall–Kier alpha value is -1.35. The summed E-state index contributed by atoms with van der Waals surface area (Å²) in [4.78, 5) is 14.7. The summed E-state index contributed by atoms with van der Waals surface area (Å²) in [5, 5.41) is 0.124. The number of hydrogen-bond donors (Lipinski definition) is 0. The Labute approximate surface area is 73.0 Å². The monoisotopic (exact) mass is 181 g/mol. The molecule has 0 saturated heterocycles. The van der Waals surface area contributed by atoms with Gasteiger partial charge in [-0.25, -0.2) is 0 Å². The highest BCUT2D eigenvalue weighted by molar-refractivity contribution is 6.68. The zero-order valence-corrected chi connectivity index (χ0v) is 6.71.